The Morgan fingerprint density at radius 1 is 1.33 bits per heavy atom. The lowest BCUT2D eigenvalue weighted by Gasteiger charge is -2.38. The van der Waals surface area contributed by atoms with Crippen LogP contribution in [0.25, 0.3) is 0 Å². The highest BCUT2D eigenvalue weighted by molar-refractivity contribution is 7.89. The van der Waals surface area contributed by atoms with Crippen molar-refractivity contribution < 1.29 is 23.1 Å². The van der Waals surface area contributed by atoms with E-state index < -0.39 is 34.4 Å². The first kappa shape index (κ1) is 18.2. The van der Waals surface area contributed by atoms with Gasteiger partial charge in [0.15, 0.2) is 0 Å². The second-order valence-corrected chi connectivity index (χ2v) is 7.51. The Hall–Kier alpha value is -2.19. The van der Waals surface area contributed by atoms with Crippen molar-refractivity contribution in [3.63, 3.8) is 0 Å². The van der Waals surface area contributed by atoms with Gasteiger partial charge in [0.1, 0.15) is 6.04 Å². The molecule has 7 nitrogen and oxygen atoms in total. The van der Waals surface area contributed by atoms with E-state index >= 15 is 0 Å². The molecule has 0 spiro atoms. The zero-order chi connectivity index (χ0) is 17.9. The van der Waals surface area contributed by atoms with E-state index in [-0.39, 0.29) is 24.5 Å². The molecule has 0 bridgehead atoms. The number of carboxylic acids is 1. The molecule has 0 aromatic heterocycles. The molecule has 1 saturated heterocycles. The van der Waals surface area contributed by atoms with Gasteiger partial charge in [0.2, 0.25) is 15.9 Å². The Labute approximate surface area is 141 Å². The lowest BCUT2D eigenvalue weighted by atomic mass is 10.1. The number of aliphatic carboxylic acids is 1. The molecule has 1 unspecified atom stereocenters. The van der Waals surface area contributed by atoms with Crippen molar-refractivity contribution in [1.82, 2.24) is 9.21 Å². The lowest BCUT2D eigenvalue weighted by Crippen LogP contribution is -2.59. The van der Waals surface area contributed by atoms with Gasteiger partial charge in [-0.15, -0.1) is 6.58 Å². The van der Waals surface area contributed by atoms with E-state index in [2.05, 4.69) is 6.58 Å². The van der Waals surface area contributed by atoms with Gasteiger partial charge in [-0.05, 0) is 19.1 Å². The predicted molar refractivity (Wildman–Crippen MR) is 87.9 cm³/mol. The second-order valence-electron chi connectivity index (χ2n) is 5.62. The highest BCUT2D eigenvalue weighted by atomic mass is 32.2. The standard InChI is InChI=1S/C16H20N2O5S/c1-3-8-17-9-10-18(14(16(17)21)11-15(19)20)24(22,23)13-6-4-12(2)5-7-13/h3-7,14H,1,8-11H2,2H3,(H,19,20). The van der Waals surface area contributed by atoms with Crippen LogP contribution < -0.4 is 0 Å². The topological polar surface area (TPSA) is 95.0 Å². The molecule has 130 valence electrons. The molecule has 1 atom stereocenters. The van der Waals surface area contributed by atoms with E-state index in [9.17, 15) is 18.0 Å². The number of carbonyl (C=O) groups excluding carboxylic acids is 1. The van der Waals surface area contributed by atoms with E-state index in [1.165, 1.54) is 23.1 Å². The number of hydrogen-bond acceptors (Lipinski definition) is 4. The van der Waals surface area contributed by atoms with E-state index in [1.54, 1.807) is 12.1 Å². The summed E-state index contributed by atoms with van der Waals surface area (Å²) in [6.45, 7) is 5.90. The maximum absolute atomic E-state index is 12.8. The first-order chi connectivity index (χ1) is 11.3. The van der Waals surface area contributed by atoms with E-state index in [1.807, 2.05) is 6.92 Å². The number of aryl methyl sites for hydroxylation is 1. The van der Waals surface area contributed by atoms with E-state index in [4.69, 9.17) is 5.11 Å². The van der Waals surface area contributed by atoms with E-state index in [0.717, 1.165) is 9.87 Å². The van der Waals surface area contributed by atoms with Crippen LogP contribution in [0, 0.1) is 6.92 Å². The number of carbonyl (C=O) groups is 2. The maximum Gasteiger partial charge on any atom is 0.305 e. The Bertz CT molecular complexity index is 742. The maximum atomic E-state index is 12.8. The van der Waals surface area contributed by atoms with Crippen molar-refractivity contribution in [3.8, 4) is 0 Å². The van der Waals surface area contributed by atoms with Gasteiger partial charge in [0.05, 0.1) is 11.3 Å². The van der Waals surface area contributed by atoms with Crippen LogP contribution in [0.5, 0.6) is 0 Å². The summed E-state index contributed by atoms with van der Waals surface area (Å²) in [6.07, 6.45) is 0.956. The van der Waals surface area contributed by atoms with Crippen LogP contribution in [0.3, 0.4) is 0 Å². The van der Waals surface area contributed by atoms with Crippen LogP contribution in [-0.2, 0) is 19.6 Å². The van der Waals surface area contributed by atoms with Gasteiger partial charge in [0.25, 0.3) is 0 Å². The lowest BCUT2D eigenvalue weighted by molar-refractivity contribution is -0.146. The average Bonchev–Trinajstić information content (AvgIpc) is 2.51. The predicted octanol–water partition coefficient (Wildman–Crippen LogP) is 0.857. The number of amides is 1. The van der Waals surface area contributed by atoms with Gasteiger partial charge in [-0.25, -0.2) is 8.42 Å². The molecule has 1 fully saturated rings. The summed E-state index contributed by atoms with van der Waals surface area (Å²) in [5, 5.41) is 9.08. The Balaban J connectivity index is 2.38. The summed E-state index contributed by atoms with van der Waals surface area (Å²) in [6, 6.07) is 5.00. The van der Waals surface area contributed by atoms with Gasteiger partial charge < -0.3 is 10.0 Å². The number of nitrogens with zero attached hydrogens (tertiary/aromatic N) is 2. The summed E-state index contributed by atoms with van der Waals surface area (Å²) in [5.74, 6) is -1.74. The summed E-state index contributed by atoms with van der Waals surface area (Å²) in [5.41, 5.74) is 0.905. The Morgan fingerprint density at radius 2 is 1.96 bits per heavy atom. The number of sulfonamides is 1. The summed E-state index contributed by atoms with van der Waals surface area (Å²) >= 11 is 0. The molecule has 2 rings (SSSR count). The van der Waals surface area contributed by atoms with Crippen LogP contribution in [0.2, 0.25) is 0 Å². The van der Waals surface area contributed by atoms with Crippen molar-refractivity contribution in [3.05, 3.63) is 42.5 Å². The molecule has 24 heavy (non-hydrogen) atoms. The Kier molecular flexibility index (Phi) is 5.40. The number of rotatable bonds is 6. The number of hydrogen-bond donors (Lipinski definition) is 1. The fourth-order valence-corrected chi connectivity index (χ4v) is 4.22. The fourth-order valence-electron chi connectivity index (χ4n) is 2.64. The molecular formula is C16H20N2O5S. The third kappa shape index (κ3) is 3.65. The minimum absolute atomic E-state index is 0.0493. The van der Waals surface area contributed by atoms with Crippen molar-refractivity contribution in [2.24, 2.45) is 0 Å². The fraction of sp³-hybridized carbons (Fsp3) is 0.375. The van der Waals surface area contributed by atoms with Crippen molar-refractivity contribution >= 4 is 21.9 Å². The van der Waals surface area contributed by atoms with Crippen molar-refractivity contribution in [2.75, 3.05) is 19.6 Å². The molecule has 1 aliphatic rings. The quantitative estimate of drug-likeness (QED) is 0.766. The Morgan fingerprint density at radius 3 is 2.50 bits per heavy atom. The molecule has 1 heterocycles. The van der Waals surface area contributed by atoms with Crippen LogP contribution >= 0.6 is 0 Å². The summed E-state index contributed by atoms with van der Waals surface area (Å²) in [4.78, 5) is 25.1. The first-order valence-electron chi connectivity index (χ1n) is 7.47. The highest BCUT2D eigenvalue weighted by Gasteiger charge is 2.42. The molecule has 0 radical (unpaired) electrons. The minimum atomic E-state index is -3.95. The third-order valence-corrected chi connectivity index (χ3v) is 5.80. The summed E-state index contributed by atoms with van der Waals surface area (Å²) < 4.78 is 26.7. The van der Waals surface area contributed by atoms with Gasteiger partial charge in [-0.2, -0.15) is 4.31 Å². The average molecular weight is 352 g/mol. The molecule has 8 heteroatoms. The molecule has 0 aliphatic carbocycles. The molecule has 1 aromatic rings. The highest BCUT2D eigenvalue weighted by Crippen LogP contribution is 2.24. The molecule has 1 N–H and O–H groups in total. The third-order valence-electron chi connectivity index (χ3n) is 3.88. The normalized spacial score (nSPS) is 19.3. The molecule has 1 amide bonds. The largest absolute Gasteiger partial charge is 0.481 e. The number of carboxylic acid groups (broad SMARTS) is 1. The zero-order valence-corrected chi connectivity index (χ0v) is 14.2. The van der Waals surface area contributed by atoms with Gasteiger partial charge in [0, 0.05) is 19.6 Å². The molecule has 0 saturated carbocycles. The van der Waals surface area contributed by atoms with Crippen LogP contribution in [0.1, 0.15) is 12.0 Å². The van der Waals surface area contributed by atoms with Crippen LogP contribution in [0.4, 0.5) is 0 Å². The monoisotopic (exact) mass is 352 g/mol. The first-order valence-corrected chi connectivity index (χ1v) is 8.91. The molecular weight excluding hydrogens is 332 g/mol. The van der Waals surface area contributed by atoms with Gasteiger partial charge in [-0.3, -0.25) is 9.59 Å². The molecule has 1 aromatic carbocycles. The zero-order valence-electron chi connectivity index (χ0n) is 13.4. The van der Waals surface area contributed by atoms with Gasteiger partial charge in [-0.1, -0.05) is 23.8 Å². The van der Waals surface area contributed by atoms with Gasteiger partial charge >= 0.3 is 5.97 Å². The smallest absolute Gasteiger partial charge is 0.305 e. The summed E-state index contributed by atoms with van der Waals surface area (Å²) in [7, 11) is -3.95. The van der Waals surface area contributed by atoms with E-state index in [0.29, 0.717) is 0 Å². The van der Waals surface area contributed by atoms with Crippen molar-refractivity contribution in [1.29, 1.82) is 0 Å². The van der Waals surface area contributed by atoms with Crippen LogP contribution in [0.15, 0.2) is 41.8 Å². The second kappa shape index (κ2) is 7.14. The SMILES string of the molecule is C=CCN1CCN(S(=O)(=O)c2ccc(C)cc2)C(CC(=O)O)C1=O. The molecule has 1 aliphatic heterocycles. The van der Waals surface area contributed by atoms with Crippen LogP contribution in [-0.4, -0.2) is 60.3 Å². The number of piperazine rings is 1. The number of benzene rings is 1. The minimum Gasteiger partial charge on any atom is -0.481 e. The van der Waals surface area contributed by atoms with Crippen molar-refractivity contribution in [2.45, 2.75) is 24.3 Å².